The van der Waals surface area contributed by atoms with Gasteiger partial charge in [-0.3, -0.25) is 9.59 Å². The normalized spacial score (nSPS) is 11.1. The summed E-state index contributed by atoms with van der Waals surface area (Å²) >= 11 is 0. The highest BCUT2D eigenvalue weighted by molar-refractivity contribution is 6.05. The molecule has 4 nitrogen and oxygen atoms in total. The fraction of sp³-hybridized carbons (Fsp3) is 0.167. The fourth-order valence-electron chi connectivity index (χ4n) is 2.93. The van der Waals surface area contributed by atoms with E-state index in [1.807, 2.05) is 12.1 Å². The molecule has 3 N–H and O–H groups in total. The zero-order chi connectivity index (χ0) is 20.3. The predicted molar refractivity (Wildman–Crippen MR) is 113 cm³/mol. The molecule has 3 rings (SSSR count). The summed E-state index contributed by atoms with van der Waals surface area (Å²) in [6, 6.07) is 22.5. The van der Waals surface area contributed by atoms with E-state index in [1.54, 1.807) is 36.4 Å². The third-order valence-corrected chi connectivity index (χ3v) is 4.64. The van der Waals surface area contributed by atoms with E-state index in [2.05, 4.69) is 50.4 Å². The van der Waals surface area contributed by atoms with E-state index in [9.17, 15) is 9.59 Å². The molecule has 0 spiro atoms. The molecule has 4 heteroatoms. The van der Waals surface area contributed by atoms with Crippen LogP contribution in [0, 0.1) is 0 Å². The topological polar surface area (TPSA) is 72.2 Å². The van der Waals surface area contributed by atoms with Gasteiger partial charge in [-0.2, -0.15) is 0 Å². The highest BCUT2D eigenvalue weighted by Crippen LogP contribution is 2.26. The second-order valence-corrected chi connectivity index (χ2v) is 7.80. The van der Waals surface area contributed by atoms with Crippen LogP contribution in [0.3, 0.4) is 0 Å². The highest BCUT2D eigenvalue weighted by Gasteiger charge is 2.13. The number of carbonyl (C=O) groups is 2. The third kappa shape index (κ3) is 4.46. The molecule has 0 unspecified atom stereocenters. The number of rotatable bonds is 4. The minimum absolute atomic E-state index is 0.117. The average molecular weight is 372 g/mol. The van der Waals surface area contributed by atoms with Crippen molar-refractivity contribution in [3.63, 3.8) is 0 Å². The lowest BCUT2D eigenvalue weighted by Gasteiger charge is -2.19. The Labute approximate surface area is 165 Å². The van der Waals surface area contributed by atoms with Gasteiger partial charge in [0.2, 0.25) is 5.91 Å². The first-order valence-electron chi connectivity index (χ1n) is 9.16. The van der Waals surface area contributed by atoms with Gasteiger partial charge in [-0.25, -0.2) is 0 Å². The van der Waals surface area contributed by atoms with Gasteiger partial charge in [0.15, 0.2) is 0 Å². The highest BCUT2D eigenvalue weighted by atomic mass is 16.2. The van der Waals surface area contributed by atoms with E-state index in [0.29, 0.717) is 16.8 Å². The Hall–Kier alpha value is -3.40. The Kier molecular flexibility index (Phi) is 5.32. The van der Waals surface area contributed by atoms with Crippen LogP contribution < -0.4 is 11.1 Å². The first kappa shape index (κ1) is 19.4. The molecule has 142 valence electrons. The lowest BCUT2D eigenvalue weighted by atomic mass is 9.86. The minimum Gasteiger partial charge on any atom is -0.366 e. The number of hydrogen-bond donors (Lipinski definition) is 2. The van der Waals surface area contributed by atoms with Crippen LogP contribution in [0.4, 0.5) is 5.69 Å². The first-order chi connectivity index (χ1) is 13.2. The van der Waals surface area contributed by atoms with Gasteiger partial charge in [0.25, 0.3) is 5.91 Å². The standard InChI is InChI=1S/C24H24N2O2/c1-24(2,3)20-13-11-17(12-14-20)16-7-9-18(10-8-16)23(28)26-21-6-4-5-19(15-21)22(25)27/h4-15H,1-3H3,(H2,25,27)(H,26,28). The van der Waals surface area contributed by atoms with Crippen LogP contribution >= 0.6 is 0 Å². The summed E-state index contributed by atoms with van der Waals surface area (Å²) in [6.45, 7) is 6.57. The molecule has 28 heavy (non-hydrogen) atoms. The van der Waals surface area contributed by atoms with Crippen molar-refractivity contribution in [2.75, 3.05) is 5.32 Å². The van der Waals surface area contributed by atoms with Gasteiger partial charge in [0.05, 0.1) is 0 Å². The van der Waals surface area contributed by atoms with Gasteiger partial charge in [0.1, 0.15) is 0 Å². The largest absolute Gasteiger partial charge is 0.366 e. The number of benzene rings is 3. The maximum Gasteiger partial charge on any atom is 0.255 e. The number of nitrogens with two attached hydrogens (primary N) is 1. The zero-order valence-corrected chi connectivity index (χ0v) is 16.3. The van der Waals surface area contributed by atoms with Crippen molar-refractivity contribution in [1.82, 2.24) is 0 Å². The van der Waals surface area contributed by atoms with Gasteiger partial charge in [-0.1, -0.05) is 63.2 Å². The van der Waals surface area contributed by atoms with Gasteiger partial charge in [-0.05, 0) is 52.4 Å². The first-order valence-corrected chi connectivity index (χ1v) is 9.16. The molecular formula is C24H24N2O2. The van der Waals surface area contributed by atoms with Crippen LogP contribution in [-0.4, -0.2) is 11.8 Å². The predicted octanol–water partition coefficient (Wildman–Crippen LogP) is 5.00. The van der Waals surface area contributed by atoms with Gasteiger partial charge in [0, 0.05) is 16.8 Å². The molecule has 2 amide bonds. The summed E-state index contributed by atoms with van der Waals surface area (Å²) in [6.07, 6.45) is 0. The Morgan fingerprint density at radius 2 is 1.36 bits per heavy atom. The van der Waals surface area contributed by atoms with Crippen molar-refractivity contribution < 1.29 is 9.59 Å². The molecule has 0 radical (unpaired) electrons. The van der Waals surface area contributed by atoms with E-state index >= 15 is 0 Å². The van der Waals surface area contributed by atoms with Crippen molar-refractivity contribution in [2.45, 2.75) is 26.2 Å². The maximum atomic E-state index is 12.5. The molecule has 0 aliphatic heterocycles. The van der Waals surface area contributed by atoms with Gasteiger partial charge < -0.3 is 11.1 Å². The molecule has 0 atom stereocenters. The second-order valence-electron chi connectivity index (χ2n) is 7.80. The number of amides is 2. The van der Waals surface area contributed by atoms with Crippen molar-refractivity contribution in [1.29, 1.82) is 0 Å². The van der Waals surface area contributed by atoms with E-state index < -0.39 is 5.91 Å². The molecule has 3 aromatic carbocycles. The molecule has 0 fully saturated rings. The fourth-order valence-corrected chi connectivity index (χ4v) is 2.93. The molecule has 0 aromatic heterocycles. The molecule has 3 aromatic rings. The van der Waals surface area contributed by atoms with Crippen molar-refractivity contribution in [3.8, 4) is 11.1 Å². The molecular weight excluding hydrogens is 348 g/mol. The van der Waals surface area contributed by atoms with Crippen LogP contribution in [0.25, 0.3) is 11.1 Å². The summed E-state index contributed by atoms with van der Waals surface area (Å²) in [5, 5.41) is 2.79. The van der Waals surface area contributed by atoms with E-state index in [0.717, 1.165) is 11.1 Å². The molecule has 0 heterocycles. The van der Waals surface area contributed by atoms with Crippen LogP contribution in [-0.2, 0) is 5.41 Å². The Balaban J connectivity index is 1.74. The average Bonchev–Trinajstić information content (AvgIpc) is 2.68. The van der Waals surface area contributed by atoms with Crippen LogP contribution in [0.2, 0.25) is 0 Å². The van der Waals surface area contributed by atoms with E-state index in [1.165, 1.54) is 5.56 Å². The van der Waals surface area contributed by atoms with Gasteiger partial charge >= 0.3 is 0 Å². The number of anilines is 1. The van der Waals surface area contributed by atoms with Crippen molar-refractivity contribution in [3.05, 3.63) is 89.5 Å². The number of hydrogen-bond acceptors (Lipinski definition) is 2. The van der Waals surface area contributed by atoms with Crippen LogP contribution in [0.15, 0.2) is 72.8 Å². The molecule has 0 saturated heterocycles. The third-order valence-electron chi connectivity index (χ3n) is 4.64. The monoisotopic (exact) mass is 372 g/mol. The maximum absolute atomic E-state index is 12.5. The smallest absolute Gasteiger partial charge is 0.255 e. The molecule has 0 aliphatic rings. The summed E-state index contributed by atoms with van der Waals surface area (Å²) in [5.41, 5.74) is 10.3. The molecule has 0 bridgehead atoms. The summed E-state index contributed by atoms with van der Waals surface area (Å²) in [4.78, 5) is 23.7. The summed E-state index contributed by atoms with van der Waals surface area (Å²) in [5.74, 6) is -0.769. The van der Waals surface area contributed by atoms with Gasteiger partial charge in [-0.15, -0.1) is 0 Å². The van der Waals surface area contributed by atoms with E-state index in [4.69, 9.17) is 5.73 Å². The zero-order valence-electron chi connectivity index (χ0n) is 16.3. The molecule has 0 saturated carbocycles. The Morgan fingerprint density at radius 3 is 1.89 bits per heavy atom. The lowest BCUT2D eigenvalue weighted by molar-refractivity contribution is 0.0996. The number of carbonyl (C=O) groups excluding carboxylic acids is 2. The van der Waals surface area contributed by atoms with Crippen LogP contribution in [0.1, 0.15) is 47.1 Å². The quantitative estimate of drug-likeness (QED) is 0.676. The Bertz CT molecular complexity index is 998. The summed E-state index contributed by atoms with van der Waals surface area (Å²) in [7, 11) is 0. The van der Waals surface area contributed by atoms with E-state index in [-0.39, 0.29) is 11.3 Å². The number of primary amides is 1. The Morgan fingerprint density at radius 1 is 0.786 bits per heavy atom. The summed E-state index contributed by atoms with van der Waals surface area (Å²) < 4.78 is 0. The van der Waals surface area contributed by atoms with Crippen LogP contribution in [0.5, 0.6) is 0 Å². The van der Waals surface area contributed by atoms with Crippen molar-refractivity contribution in [2.24, 2.45) is 5.73 Å². The number of nitrogens with one attached hydrogen (secondary N) is 1. The molecule has 0 aliphatic carbocycles. The van der Waals surface area contributed by atoms with Crippen molar-refractivity contribution >= 4 is 17.5 Å². The lowest BCUT2D eigenvalue weighted by Crippen LogP contribution is -2.14. The minimum atomic E-state index is -0.530. The second kappa shape index (κ2) is 7.69. The SMILES string of the molecule is CC(C)(C)c1ccc(-c2ccc(C(=O)Nc3cccc(C(N)=O)c3)cc2)cc1.